The first-order valence-corrected chi connectivity index (χ1v) is 7.26. The van der Waals surface area contributed by atoms with Crippen LogP contribution in [0.25, 0.3) is 0 Å². The average molecular weight is 310 g/mol. The molecule has 0 aromatic carbocycles. The van der Waals surface area contributed by atoms with Gasteiger partial charge in [-0.3, -0.25) is 0 Å². The number of halogens is 3. The lowest BCUT2D eigenvalue weighted by molar-refractivity contribution is -0.159. The molecule has 2 amide bonds. The SMILES string of the molecule is CC(C)(C)CC(NC(=O)N1CCCC(CO)C1)C(F)(F)F. The molecule has 1 fully saturated rings. The third-order valence-electron chi connectivity index (χ3n) is 3.57. The molecule has 1 aliphatic heterocycles. The van der Waals surface area contributed by atoms with E-state index >= 15 is 0 Å². The average Bonchev–Trinajstić information content (AvgIpc) is 2.35. The van der Waals surface area contributed by atoms with Crippen molar-refractivity contribution in [2.75, 3.05) is 19.7 Å². The lowest BCUT2D eigenvalue weighted by Gasteiger charge is -2.35. The van der Waals surface area contributed by atoms with Crippen molar-refractivity contribution in [3.05, 3.63) is 0 Å². The van der Waals surface area contributed by atoms with Crippen LogP contribution >= 0.6 is 0 Å². The first-order valence-electron chi connectivity index (χ1n) is 7.26. The van der Waals surface area contributed by atoms with E-state index in [1.54, 1.807) is 20.8 Å². The van der Waals surface area contributed by atoms with E-state index in [-0.39, 0.29) is 18.9 Å². The molecule has 4 nitrogen and oxygen atoms in total. The predicted molar refractivity (Wildman–Crippen MR) is 73.8 cm³/mol. The zero-order valence-electron chi connectivity index (χ0n) is 12.8. The number of nitrogens with one attached hydrogen (secondary N) is 1. The lowest BCUT2D eigenvalue weighted by Crippen LogP contribution is -2.54. The summed E-state index contributed by atoms with van der Waals surface area (Å²) in [5, 5.41) is 11.2. The number of aliphatic hydroxyl groups is 1. The molecule has 0 aromatic heterocycles. The molecule has 1 heterocycles. The maximum atomic E-state index is 13.0. The molecular weight excluding hydrogens is 285 g/mol. The minimum atomic E-state index is -4.46. The van der Waals surface area contributed by atoms with Gasteiger partial charge < -0.3 is 15.3 Å². The van der Waals surface area contributed by atoms with Crippen LogP contribution in [-0.4, -0.2) is 48.0 Å². The molecule has 1 saturated heterocycles. The van der Waals surface area contributed by atoms with Crippen LogP contribution in [0, 0.1) is 11.3 Å². The molecule has 2 unspecified atom stereocenters. The van der Waals surface area contributed by atoms with E-state index < -0.39 is 23.7 Å². The van der Waals surface area contributed by atoms with Crippen molar-refractivity contribution in [3.8, 4) is 0 Å². The second-order valence-electron chi connectivity index (χ2n) is 6.95. The van der Waals surface area contributed by atoms with Crippen molar-refractivity contribution in [1.82, 2.24) is 10.2 Å². The van der Waals surface area contributed by atoms with Gasteiger partial charge in [-0.25, -0.2) is 4.79 Å². The Bertz CT molecular complexity index is 353. The molecule has 124 valence electrons. The molecule has 0 radical (unpaired) electrons. The monoisotopic (exact) mass is 310 g/mol. The fraction of sp³-hybridized carbons (Fsp3) is 0.929. The Morgan fingerprint density at radius 2 is 2.00 bits per heavy atom. The summed E-state index contributed by atoms with van der Waals surface area (Å²) in [4.78, 5) is 13.4. The summed E-state index contributed by atoms with van der Waals surface area (Å²) in [7, 11) is 0. The van der Waals surface area contributed by atoms with E-state index in [2.05, 4.69) is 5.32 Å². The number of hydrogen-bond acceptors (Lipinski definition) is 2. The Hall–Kier alpha value is -0.980. The minimum Gasteiger partial charge on any atom is -0.396 e. The molecule has 0 spiro atoms. The molecule has 0 aliphatic carbocycles. The van der Waals surface area contributed by atoms with Crippen molar-refractivity contribution < 1.29 is 23.1 Å². The van der Waals surface area contributed by atoms with Gasteiger partial charge >= 0.3 is 12.2 Å². The molecule has 7 heteroatoms. The van der Waals surface area contributed by atoms with Crippen LogP contribution in [-0.2, 0) is 0 Å². The first kappa shape index (κ1) is 18.1. The summed E-state index contributed by atoms with van der Waals surface area (Å²) in [6.07, 6.45) is -3.13. The quantitative estimate of drug-likeness (QED) is 0.842. The third kappa shape index (κ3) is 6.11. The summed E-state index contributed by atoms with van der Waals surface area (Å²) in [5.41, 5.74) is -0.539. The van der Waals surface area contributed by atoms with Crippen LogP contribution in [0.15, 0.2) is 0 Å². The number of carbonyl (C=O) groups excluding carboxylic acids is 1. The summed E-state index contributed by atoms with van der Waals surface area (Å²) >= 11 is 0. The normalized spacial score (nSPS) is 22.0. The number of piperidine rings is 1. The van der Waals surface area contributed by atoms with Crippen LogP contribution in [0.2, 0.25) is 0 Å². The molecule has 1 aliphatic rings. The molecule has 2 N–H and O–H groups in total. The van der Waals surface area contributed by atoms with Crippen molar-refractivity contribution >= 4 is 6.03 Å². The summed E-state index contributed by atoms with van der Waals surface area (Å²) in [5.74, 6) is -0.0450. The number of amides is 2. The van der Waals surface area contributed by atoms with Gasteiger partial charge in [0.05, 0.1) is 0 Å². The summed E-state index contributed by atoms with van der Waals surface area (Å²) < 4.78 is 39.1. The molecule has 1 rings (SSSR count). The number of urea groups is 1. The largest absolute Gasteiger partial charge is 0.408 e. The van der Waals surface area contributed by atoms with Gasteiger partial charge in [-0.05, 0) is 30.6 Å². The number of carbonyl (C=O) groups is 1. The number of aliphatic hydroxyl groups excluding tert-OH is 1. The van der Waals surface area contributed by atoms with Crippen molar-refractivity contribution in [3.63, 3.8) is 0 Å². The predicted octanol–water partition coefficient (Wildman–Crippen LogP) is 2.77. The molecule has 0 saturated carbocycles. The Morgan fingerprint density at radius 1 is 1.38 bits per heavy atom. The fourth-order valence-electron chi connectivity index (χ4n) is 2.50. The molecule has 0 bridgehead atoms. The van der Waals surface area contributed by atoms with Gasteiger partial charge in [0.25, 0.3) is 0 Å². The highest BCUT2D eigenvalue weighted by Crippen LogP contribution is 2.30. The summed E-state index contributed by atoms with van der Waals surface area (Å²) in [6.45, 7) is 5.82. The number of hydrogen-bond donors (Lipinski definition) is 2. The van der Waals surface area contributed by atoms with Crippen molar-refractivity contribution in [1.29, 1.82) is 0 Å². The minimum absolute atomic E-state index is 0.0450. The van der Waals surface area contributed by atoms with Gasteiger partial charge in [-0.15, -0.1) is 0 Å². The van der Waals surface area contributed by atoms with E-state index in [9.17, 15) is 18.0 Å². The standard InChI is InChI=1S/C14H25F3N2O2/c1-13(2,3)7-11(14(15,16)17)18-12(21)19-6-4-5-10(8-19)9-20/h10-11,20H,4-9H2,1-3H3,(H,18,21). The second kappa shape index (κ2) is 6.85. The van der Waals surface area contributed by atoms with Crippen LogP contribution in [0.1, 0.15) is 40.0 Å². The van der Waals surface area contributed by atoms with E-state index in [1.807, 2.05) is 0 Å². The van der Waals surface area contributed by atoms with Crippen LogP contribution < -0.4 is 5.32 Å². The highest BCUT2D eigenvalue weighted by molar-refractivity contribution is 5.74. The van der Waals surface area contributed by atoms with Crippen molar-refractivity contribution in [2.45, 2.75) is 52.3 Å². The number of rotatable bonds is 3. The van der Waals surface area contributed by atoms with Crippen LogP contribution in [0.3, 0.4) is 0 Å². The van der Waals surface area contributed by atoms with Gasteiger partial charge in [-0.2, -0.15) is 13.2 Å². The lowest BCUT2D eigenvalue weighted by atomic mass is 9.88. The molecular formula is C14H25F3N2O2. The van der Waals surface area contributed by atoms with Gasteiger partial charge in [0.1, 0.15) is 6.04 Å². The smallest absolute Gasteiger partial charge is 0.396 e. The van der Waals surface area contributed by atoms with Gasteiger partial charge in [0.2, 0.25) is 0 Å². The van der Waals surface area contributed by atoms with Gasteiger partial charge in [0.15, 0.2) is 0 Å². The number of alkyl halides is 3. The van der Waals surface area contributed by atoms with Gasteiger partial charge in [-0.1, -0.05) is 20.8 Å². The Labute approximate surface area is 123 Å². The molecule has 0 aromatic rings. The highest BCUT2D eigenvalue weighted by Gasteiger charge is 2.43. The summed E-state index contributed by atoms with van der Waals surface area (Å²) in [6, 6.07) is -2.54. The zero-order chi connectivity index (χ0) is 16.3. The maximum Gasteiger partial charge on any atom is 0.408 e. The Kier molecular flexibility index (Phi) is 5.90. The maximum absolute atomic E-state index is 13.0. The fourth-order valence-corrected chi connectivity index (χ4v) is 2.50. The van der Waals surface area contributed by atoms with E-state index in [1.165, 1.54) is 4.90 Å². The third-order valence-corrected chi connectivity index (χ3v) is 3.57. The Morgan fingerprint density at radius 3 is 2.48 bits per heavy atom. The van der Waals surface area contributed by atoms with Crippen LogP contribution in [0.4, 0.5) is 18.0 Å². The van der Waals surface area contributed by atoms with E-state index in [0.29, 0.717) is 19.5 Å². The van der Waals surface area contributed by atoms with E-state index in [4.69, 9.17) is 5.11 Å². The van der Waals surface area contributed by atoms with E-state index in [0.717, 1.165) is 6.42 Å². The Balaban J connectivity index is 2.67. The molecule has 21 heavy (non-hydrogen) atoms. The number of likely N-dealkylation sites (tertiary alicyclic amines) is 1. The number of nitrogens with zero attached hydrogens (tertiary/aromatic N) is 1. The topological polar surface area (TPSA) is 52.6 Å². The van der Waals surface area contributed by atoms with Gasteiger partial charge in [0, 0.05) is 19.7 Å². The highest BCUT2D eigenvalue weighted by atomic mass is 19.4. The zero-order valence-corrected chi connectivity index (χ0v) is 12.8. The first-order chi connectivity index (χ1) is 9.53. The molecule has 2 atom stereocenters. The van der Waals surface area contributed by atoms with Crippen molar-refractivity contribution in [2.24, 2.45) is 11.3 Å². The second-order valence-corrected chi connectivity index (χ2v) is 6.95. The van der Waals surface area contributed by atoms with Crippen LogP contribution in [0.5, 0.6) is 0 Å².